The second-order valence-corrected chi connectivity index (χ2v) is 11.2. The van der Waals surface area contributed by atoms with E-state index < -0.39 is 5.97 Å². The number of rotatable bonds is 15. The van der Waals surface area contributed by atoms with Crippen LogP contribution in [0, 0.1) is 0 Å². The minimum Gasteiger partial charge on any atom is -0.481 e. The Kier molecular flexibility index (Phi) is 11.9. The first-order valence-corrected chi connectivity index (χ1v) is 15.5. The molecule has 0 bridgehead atoms. The van der Waals surface area contributed by atoms with Crippen molar-refractivity contribution in [3.05, 3.63) is 131 Å². The Hall–Kier alpha value is -4.71. The summed E-state index contributed by atoms with van der Waals surface area (Å²) in [5.74, 6) is -1.27. The van der Waals surface area contributed by atoms with Gasteiger partial charge in [-0.25, -0.2) is 0 Å². The van der Waals surface area contributed by atoms with Crippen molar-refractivity contribution in [3.63, 3.8) is 0 Å². The van der Waals surface area contributed by atoms with Gasteiger partial charge in [-0.2, -0.15) is 0 Å². The number of hydrogen-bond donors (Lipinski definition) is 1. The Morgan fingerprint density at radius 2 is 1.20 bits per heavy atom. The van der Waals surface area contributed by atoms with Crippen LogP contribution in [-0.2, 0) is 17.8 Å². The second kappa shape index (κ2) is 16.2. The highest BCUT2D eigenvalue weighted by molar-refractivity contribution is 6.06. The minimum atomic E-state index is -0.951. The van der Waals surface area contributed by atoms with Crippen LogP contribution in [0.15, 0.2) is 109 Å². The topological polar surface area (TPSA) is 77.9 Å². The molecule has 0 saturated carbocycles. The van der Waals surface area contributed by atoms with Crippen LogP contribution in [0.25, 0.3) is 11.1 Å². The van der Waals surface area contributed by atoms with E-state index in [0.717, 1.165) is 24.8 Å². The summed E-state index contributed by atoms with van der Waals surface area (Å²) in [6.45, 7) is 5.30. The number of unbranched alkanes of at least 4 members (excludes halogenated alkanes) is 1. The molecule has 1 atom stereocenters. The van der Waals surface area contributed by atoms with Crippen molar-refractivity contribution in [2.24, 2.45) is 0 Å². The van der Waals surface area contributed by atoms with E-state index >= 15 is 0 Å². The van der Waals surface area contributed by atoms with E-state index in [9.17, 15) is 19.5 Å². The first-order chi connectivity index (χ1) is 21.4. The number of hydrogen-bond acceptors (Lipinski definition) is 3. The highest BCUT2D eigenvalue weighted by Crippen LogP contribution is 2.30. The first-order valence-electron chi connectivity index (χ1n) is 15.5. The molecule has 44 heavy (non-hydrogen) atoms. The van der Waals surface area contributed by atoms with Gasteiger partial charge in [-0.15, -0.1) is 0 Å². The minimum absolute atomic E-state index is 0.0842. The van der Waals surface area contributed by atoms with Gasteiger partial charge >= 0.3 is 5.97 Å². The van der Waals surface area contributed by atoms with Gasteiger partial charge in [0, 0.05) is 36.8 Å². The molecule has 0 aromatic heterocycles. The molecule has 1 unspecified atom stereocenters. The molecule has 4 aromatic carbocycles. The Bertz CT molecular complexity index is 1520. The van der Waals surface area contributed by atoms with Crippen molar-refractivity contribution in [1.82, 2.24) is 9.80 Å². The summed E-state index contributed by atoms with van der Waals surface area (Å²) >= 11 is 0. The second-order valence-electron chi connectivity index (χ2n) is 11.2. The van der Waals surface area contributed by atoms with Crippen molar-refractivity contribution in [1.29, 1.82) is 0 Å². The molecule has 4 aromatic rings. The molecule has 0 spiro atoms. The van der Waals surface area contributed by atoms with Gasteiger partial charge in [-0.1, -0.05) is 110 Å². The summed E-state index contributed by atoms with van der Waals surface area (Å²) in [7, 11) is 0. The summed E-state index contributed by atoms with van der Waals surface area (Å²) in [5.41, 5.74) is 4.56. The number of carbonyl (C=O) groups is 3. The standard InChI is InChI=1S/C38H42N2O4/c1-3-4-26-39(28-31-17-9-6-10-18-31)37(43)34-21-13-11-19-32(34)33-20-12-14-22-35(33)38(44)40(27-25-36(41)42)29(2)23-24-30-15-7-5-8-16-30/h5-22,29H,3-4,23-28H2,1-2H3,(H,41,42). The van der Waals surface area contributed by atoms with E-state index in [2.05, 4.69) is 19.1 Å². The highest BCUT2D eigenvalue weighted by Gasteiger charge is 2.27. The van der Waals surface area contributed by atoms with Crippen LogP contribution in [0.1, 0.15) is 71.4 Å². The summed E-state index contributed by atoms with van der Waals surface area (Å²) in [6, 6.07) is 34.6. The lowest BCUT2D eigenvalue weighted by atomic mass is 9.93. The highest BCUT2D eigenvalue weighted by atomic mass is 16.4. The van der Waals surface area contributed by atoms with Crippen molar-refractivity contribution in [2.45, 2.75) is 58.5 Å². The third-order valence-electron chi connectivity index (χ3n) is 7.94. The van der Waals surface area contributed by atoms with Crippen LogP contribution in [0.2, 0.25) is 0 Å². The third-order valence-corrected chi connectivity index (χ3v) is 7.94. The lowest BCUT2D eigenvalue weighted by Crippen LogP contribution is -2.40. The average Bonchev–Trinajstić information content (AvgIpc) is 3.06. The Morgan fingerprint density at radius 1 is 0.682 bits per heavy atom. The van der Waals surface area contributed by atoms with Gasteiger partial charge in [0.15, 0.2) is 0 Å². The molecule has 0 aliphatic rings. The zero-order valence-corrected chi connectivity index (χ0v) is 25.7. The summed E-state index contributed by atoms with van der Waals surface area (Å²) in [5, 5.41) is 9.47. The molecular formula is C38H42N2O4. The zero-order valence-electron chi connectivity index (χ0n) is 25.7. The van der Waals surface area contributed by atoms with E-state index in [0.29, 0.717) is 41.8 Å². The van der Waals surface area contributed by atoms with E-state index in [4.69, 9.17) is 0 Å². The number of carboxylic acids is 1. The Balaban J connectivity index is 1.67. The third kappa shape index (κ3) is 8.66. The van der Waals surface area contributed by atoms with Gasteiger partial charge in [-0.3, -0.25) is 14.4 Å². The van der Waals surface area contributed by atoms with E-state index in [1.54, 1.807) is 11.0 Å². The zero-order chi connectivity index (χ0) is 31.3. The number of aliphatic carboxylic acids is 1. The van der Waals surface area contributed by atoms with Crippen LogP contribution >= 0.6 is 0 Å². The maximum absolute atomic E-state index is 14.2. The molecule has 0 aliphatic carbocycles. The van der Waals surface area contributed by atoms with Crippen molar-refractivity contribution < 1.29 is 19.5 Å². The molecular weight excluding hydrogens is 548 g/mol. The van der Waals surface area contributed by atoms with Crippen molar-refractivity contribution >= 4 is 17.8 Å². The smallest absolute Gasteiger partial charge is 0.305 e. The van der Waals surface area contributed by atoms with E-state index in [1.165, 1.54) is 5.56 Å². The number of aryl methyl sites for hydroxylation is 1. The van der Waals surface area contributed by atoms with Gasteiger partial charge in [0.1, 0.15) is 0 Å². The van der Waals surface area contributed by atoms with Crippen molar-refractivity contribution in [3.8, 4) is 11.1 Å². The molecule has 228 valence electrons. The molecule has 6 heteroatoms. The number of carbonyl (C=O) groups excluding carboxylic acids is 2. The number of amides is 2. The fraction of sp³-hybridized carbons (Fsp3) is 0.289. The van der Waals surface area contributed by atoms with Crippen LogP contribution < -0.4 is 0 Å². The van der Waals surface area contributed by atoms with Gasteiger partial charge in [-0.05, 0) is 60.6 Å². The average molecular weight is 591 g/mol. The predicted octanol–water partition coefficient (Wildman–Crippen LogP) is 7.73. The van der Waals surface area contributed by atoms with Gasteiger partial charge < -0.3 is 14.9 Å². The van der Waals surface area contributed by atoms with Crippen LogP contribution in [0.4, 0.5) is 0 Å². The normalized spacial score (nSPS) is 11.5. The maximum Gasteiger partial charge on any atom is 0.305 e. The lowest BCUT2D eigenvalue weighted by Gasteiger charge is -2.30. The Morgan fingerprint density at radius 3 is 1.77 bits per heavy atom. The fourth-order valence-electron chi connectivity index (χ4n) is 5.45. The van der Waals surface area contributed by atoms with Crippen LogP contribution in [-0.4, -0.2) is 51.8 Å². The summed E-state index contributed by atoms with van der Waals surface area (Å²) in [4.78, 5) is 43.5. The van der Waals surface area contributed by atoms with Crippen molar-refractivity contribution in [2.75, 3.05) is 13.1 Å². The number of benzene rings is 4. The molecule has 0 radical (unpaired) electrons. The maximum atomic E-state index is 14.2. The molecule has 0 aliphatic heterocycles. The van der Waals surface area contributed by atoms with Gasteiger partial charge in [0.2, 0.25) is 0 Å². The summed E-state index contributed by atoms with van der Waals surface area (Å²) < 4.78 is 0. The number of nitrogens with zero attached hydrogens (tertiary/aromatic N) is 2. The van der Waals surface area contributed by atoms with E-state index in [-0.39, 0.29) is 30.8 Å². The molecule has 1 N–H and O–H groups in total. The Labute approximate surface area is 261 Å². The van der Waals surface area contributed by atoms with E-state index in [1.807, 2.05) is 103 Å². The molecule has 6 nitrogen and oxygen atoms in total. The van der Waals surface area contributed by atoms with Crippen LogP contribution in [0.3, 0.4) is 0 Å². The number of carboxylic acid groups (broad SMARTS) is 1. The quantitative estimate of drug-likeness (QED) is 0.154. The van der Waals surface area contributed by atoms with Gasteiger partial charge in [0.05, 0.1) is 6.42 Å². The SMILES string of the molecule is CCCCN(Cc1ccccc1)C(=O)c1ccccc1-c1ccccc1C(=O)N(CCC(=O)O)C(C)CCc1ccccc1. The summed E-state index contributed by atoms with van der Waals surface area (Å²) in [6.07, 6.45) is 3.16. The predicted molar refractivity (Wildman–Crippen MR) is 175 cm³/mol. The molecule has 4 rings (SSSR count). The molecule has 0 heterocycles. The largest absolute Gasteiger partial charge is 0.481 e. The first kappa shape index (κ1) is 32.2. The lowest BCUT2D eigenvalue weighted by molar-refractivity contribution is -0.137. The molecule has 0 fully saturated rings. The monoisotopic (exact) mass is 590 g/mol. The van der Waals surface area contributed by atoms with Gasteiger partial charge in [0.25, 0.3) is 11.8 Å². The van der Waals surface area contributed by atoms with Crippen LogP contribution in [0.5, 0.6) is 0 Å². The fourth-order valence-corrected chi connectivity index (χ4v) is 5.45. The molecule has 0 saturated heterocycles. The molecule has 2 amide bonds.